The molecule has 1 saturated carbocycles. The second-order valence-electron chi connectivity index (χ2n) is 7.56. The maximum Gasteiger partial charge on any atom is 0.0195 e. The minimum Gasteiger partial charge on any atom is -0.312 e. The molecule has 3 fully saturated rings. The summed E-state index contributed by atoms with van der Waals surface area (Å²) < 4.78 is 0. The van der Waals surface area contributed by atoms with Gasteiger partial charge in [0.1, 0.15) is 0 Å². The number of hydrogen-bond acceptors (Lipinski definition) is 3. The Labute approximate surface area is 131 Å². The van der Waals surface area contributed by atoms with Crippen LogP contribution in [0.25, 0.3) is 0 Å². The standard InChI is InChI=1S/C18H35N3/c1-2-20-11-5-6-17(15-20)19-14-16-9-12-21(13-10-16)18-7-3-4-8-18/h16-19H,2-15H2,1H3. The van der Waals surface area contributed by atoms with Gasteiger partial charge < -0.3 is 15.1 Å². The molecule has 0 radical (unpaired) electrons. The van der Waals surface area contributed by atoms with Gasteiger partial charge in [-0.25, -0.2) is 0 Å². The van der Waals surface area contributed by atoms with Crippen LogP contribution in [-0.4, -0.2) is 61.2 Å². The van der Waals surface area contributed by atoms with E-state index in [9.17, 15) is 0 Å². The molecule has 0 amide bonds. The average Bonchev–Trinajstić information content (AvgIpc) is 3.08. The van der Waals surface area contributed by atoms with E-state index in [0.717, 1.165) is 18.0 Å². The summed E-state index contributed by atoms with van der Waals surface area (Å²) >= 11 is 0. The normalized spacial score (nSPS) is 31.0. The lowest BCUT2D eigenvalue weighted by Gasteiger charge is -2.37. The van der Waals surface area contributed by atoms with Gasteiger partial charge in [-0.15, -0.1) is 0 Å². The van der Waals surface area contributed by atoms with Crippen LogP contribution in [0.2, 0.25) is 0 Å². The molecule has 1 aliphatic carbocycles. The summed E-state index contributed by atoms with van der Waals surface area (Å²) in [7, 11) is 0. The molecule has 3 aliphatic rings. The topological polar surface area (TPSA) is 18.5 Å². The third-order valence-electron chi connectivity index (χ3n) is 6.14. The van der Waals surface area contributed by atoms with Crippen LogP contribution < -0.4 is 5.32 Å². The molecular weight excluding hydrogens is 258 g/mol. The number of likely N-dealkylation sites (tertiary alicyclic amines) is 2. The van der Waals surface area contributed by atoms with E-state index < -0.39 is 0 Å². The van der Waals surface area contributed by atoms with Gasteiger partial charge in [0.25, 0.3) is 0 Å². The van der Waals surface area contributed by atoms with E-state index >= 15 is 0 Å². The molecule has 0 aromatic carbocycles. The Hall–Kier alpha value is -0.120. The molecule has 3 rings (SSSR count). The van der Waals surface area contributed by atoms with Crippen LogP contribution in [0.1, 0.15) is 58.3 Å². The maximum absolute atomic E-state index is 3.88. The first-order valence-electron chi connectivity index (χ1n) is 9.55. The molecule has 0 aromatic rings. The first-order valence-corrected chi connectivity index (χ1v) is 9.55. The Kier molecular flexibility index (Phi) is 5.96. The smallest absolute Gasteiger partial charge is 0.0195 e. The summed E-state index contributed by atoms with van der Waals surface area (Å²) in [6, 6.07) is 1.70. The number of likely N-dealkylation sites (N-methyl/N-ethyl adjacent to an activating group) is 1. The molecule has 2 heterocycles. The van der Waals surface area contributed by atoms with E-state index in [1.54, 1.807) is 0 Å². The molecule has 2 aliphatic heterocycles. The monoisotopic (exact) mass is 293 g/mol. The second-order valence-corrected chi connectivity index (χ2v) is 7.56. The van der Waals surface area contributed by atoms with E-state index in [-0.39, 0.29) is 0 Å². The lowest BCUT2D eigenvalue weighted by atomic mass is 9.94. The van der Waals surface area contributed by atoms with Gasteiger partial charge in [-0.05, 0) is 77.2 Å². The van der Waals surface area contributed by atoms with Crippen molar-refractivity contribution in [2.24, 2.45) is 5.92 Å². The lowest BCUT2D eigenvalue weighted by molar-refractivity contribution is 0.128. The quantitative estimate of drug-likeness (QED) is 0.841. The van der Waals surface area contributed by atoms with Crippen LogP contribution in [-0.2, 0) is 0 Å². The zero-order valence-corrected chi connectivity index (χ0v) is 14.0. The van der Waals surface area contributed by atoms with Gasteiger partial charge in [0.05, 0.1) is 0 Å². The van der Waals surface area contributed by atoms with Crippen LogP contribution in [0.3, 0.4) is 0 Å². The van der Waals surface area contributed by atoms with Crippen molar-refractivity contribution < 1.29 is 0 Å². The summed E-state index contributed by atoms with van der Waals surface area (Å²) in [5.74, 6) is 0.930. The van der Waals surface area contributed by atoms with Crippen LogP contribution in [0, 0.1) is 5.92 Å². The number of nitrogens with one attached hydrogen (secondary N) is 1. The van der Waals surface area contributed by atoms with E-state index in [2.05, 4.69) is 22.0 Å². The molecule has 0 spiro atoms. The van der Waals surface area contributed by atoms with Crippen LogP contribution in [0.4, 0.5) is 0 Å². The van der Waals surface area contributed by atoms with Crippen molar-refractivity contribution in [1.29, 1.82) is 0 Å². The highest BCUT2D eigenvalue weighted by molar-refractivity contribution is 4.84. The van der Waals surface area contributed by atoms with Gasteiger partial charge in [0, 0.05) is 18.6 Å². The van der Waals surface area contributed by atoms with Crippen molar-refractivity contribution in [3.8, 4) is 0 Å². The number of piperidine rings is 2. The summed E-state index contributed by atoms with van der Waals surface area (Å²) in [6.07, 6.45) is 11.5. The fraction of sp³-hybridized carbons (Fsp3) is 1.00. The zero-order valence-electron chi connectivity index (χ0n) is 14.0. The first-order chi connectivity index (χ1) is 10.3. The molecule has 21 heavy (non-hydrogen) atoms. The molecule has 1 N–H and O–H groups in total. The maximum atomic E-state index is 3.88. The van der Waals surface area contributed by atoms with Crippen molar-refractivity contribution in [3.05, 3.63) is 0 Å². The van der Waals surface area contributed by atoms with Gasteiger partial charge in [-0.2, -0.15) is 0 Å². The predicted octanol–water partition coefficient (Wildman–Crippen LogP) is 2.71. The third kappa shape index (κ3) is 4.43. The number of hydrogen-bond donors (Lipinski definition) is 1. The Morgan fingerprint density at radius 1 is 0.905 bits per heavy atom. The Morgan fingerprint density at radius 3 is 2.38 bits per heavy atom. The van der Waals surface area contributed by atoms with E-state index in [1.165, 1.54) is 90.6 Å². The fourth-order valence-corrected chi connectivity index (χ4v) is 4.63. The Morgan fingerprint density at radius 2 is 1.67 bits per heavy atom. The van der Waals surface area contributed by atoms with Crippen molar-refractivity contribution >= 4 is 0 Å². The Bertz CT molecular complexity index is 293. The van der Waals surface area contributed by atoms with Crippen LogP contribution in [0.15, 0.2) is 0 Å². The lowest BCUT2D eigenvalue weighted by Crippen LogP contribution is -2.48. The largest absolute Gasteiger partial charge is 0.312 e. The highest BCUT2D eigenvalue weighted by Crippen LogP contribution is 2.27. The van der Waals surface area contributed by atoms with Gasteiger partial charge in [-0.3, -0.25) is 0 Å². The van der Waals surface area contributed by atoms with E-state index in [1.807, 2.05) is 0 Å². The summed E-state index contributed by atoms with van der Waals surface area (Å²) in [6.45, 7) is 10.1. The highest BCUT2D eigenvalue weighted by atomic mass is 15.2. The summed E-state index contributed by atoms with van der Waals surface area (Å²) in [5, 5.41) is 3.88. The van der Waals surface area contributed by atoms with E-state index in [4.69, 9.17) is 0 Å². The summed E-state index contributed by atoms with van der Waals surface area (Å²) in [4.78, 5) is 5.40. The van der Waals surface area contributed by atoms with Crippen molar-refractivity contribution in [2.45, 2.75) is 70.4 Å². The van der Waals surface area contributed by atoms with Gasteiger partial charge >= 0.3 is 0 Å². The first kappa shape index (κ1) is 15.8. The van der Waals surface area contributed by atoms with Crippen LogP contribution in [0.5, 0.6) is 0 Å². The Balaban J connectivity index is 1.33. The van der Waals surface area contributed by atoms with Gasteiger partial charge in [-0.1, -0.05) is 19.8 Å². The average molecular weight is 293 g/mol. The van der Waals surface area contributed by atoms with Crippen molar-refractivity contribution in [3.63, 3.8) is 0 Å². The highest BCUT2D eigenvalue weighted by Gasteiger charge is 2.27. The van der Waals surface area contributed by atoms with Gasteiger partial charge in [0.2, 0.25) is 0 Å². The van der Waals surface area contributed by atoms with Gasteiger partial charge in [0.15, 0.2) is 0 Å². The predicted molar refractivity (Wildman–Crippen MR) is 89.7 cm³/mol. The molecule has 3 heteroatoms. The molecule has 2 saturated heterocycles. The second kappa shape index (κ2) is 7.94. The molecule has 122 valence electrons. The fourth-order valence-electron chi connectivity index (χ4n) is 4.63. The van der Waals surface area contributed by atoms with E-state index in [0.29, 0.717) is 0 Å². The molecule has 0 aromatic heterocycles. The number of rotatable bonds is 5. The van der Waals surface area contributed by atoms with Crippen molar-refractivity contribution in [2.75, 3.05) is 39.3 Å². The molecule has 1 unspecified atom stereocenters. The molecule has 1 atom stereocenters. The summed E-state index contributed by atoms with van der Waals surface area (Å²) in [5.41, 5.74) is 0. The molecule has 3 nitrogen and oxygen atoms in total. The van der Waals surface area contributed by atoms with Crippen LogP contribution >= 0.6 is 0 Å². The molecule has 0 bridgehead atoms. The SMILES string of the molecule is CCN1CCCC(NCC2CCN(C3CCCC3)CC2)C1. The number of nitrogens with zero attached hydrogens (tertiary/aromatic N) is 2. The minimum atomic E-state index is 0.756. The van der Waals surface area contributed by atoms with Crippen molar-refractivity contribution in [1.82, 2.24) is 15.1 Å². The zero-order chi connectivity index (χ0) is 14.5. The minimum absolute atomic E-state index is 0.756. The molecular formula is C18H35N3. The third-order valence-corrected chi connectivity index (χ3v) is 6.14.